The molecule has 1 heterocycles. The summed E-state index contributed by atoms with van der Waals surface area (Å²) in [6.45, 7) is 0. The molecular weight excluding hydrogens is 413 g/mol. The first kappa shape index (κ1) is 19.0. The maximum absolute atomic E-state index is 12.9. The predicted molar refractivity (Wildman–Crippen MR) is 103 cm³/mol. The number of nitrogens with zero attached hydrogens (tertiary/aromatic N) is 1. The van der Waals surface area contributed by atoms with Crippen LogP contribution >= 0.6 is 0 Å². The third kappa shape index (κ3) is 3.84. The number of benzene rings is 2. The van der Waals surface area contributed by atoms with Gasteiger partial charge in [-0.1, -0.05) is 0 Å². The Morgan fingerprint density at radius 2 is 1.52 bits per heavy atom. The summed E-state index contributed by atoms with van der Waals surface area (Å²) in [7, 11) is 6.19. The quantitative estimate of drug-likeness (QED) is 0.422. The first-order valence-electron chi connectivity index (χ1n) is 8.06. The Hall–Kier alpha value is -2.76. The van der Waals surface area contributed by atoms with Gasteiger partial charge in [0.15, 0.2) is 0 Å². The van der Waals surface area contributed by atoms with Crippen molar-refractivity contribution in [1.29, 1.82) is 0 Å². The predicted octanol–water partition coefficient (Wildman–Crippen LogP) is 3.07. The van der Waals surface area contributed by atoms with Crippen LogP contribution in [0.3, 0.4) is 0 Å². The van der Waals surface area contributed by atoms with E-state index in [9.17, 15) is 4.79 Å². The molecule has 140 valence electrons. The number of carbonyl (C=O) groups is 1. The van der Waals surface area contributed by atoms with Crippen molar-refractivity contribution in [3.63, 3.8) is 0 Å². The number of carbonyl (C=O) groups excluding carboxylic acids is 1. The van der Waals surface area contributed by atoms with E-state index in [0.29, 0.717) is 27.4 Å². The van der Waals surface area contributed by atoms with Gasteiger partial charge in [-0.15, -0.1) is 0 Å². The van der Waals surface area contributed by atoms with E-state index >= 15 is 0 Å². The van der Waals surface area contributed by atoms with Crippen molar-refractivity contribution < 1.29 is 23.7 Å². The Morgan fingerprint density at radius 3 is 2.04 bits per heavy atom. The van der Waals surface area contributed by atoms with Gasteiger partial charge in [-0.05, 0) is 0 Å². The van der Waals surface area contributed by atoms with Gasteiger partial charge in [-0.25, -0.2) is 0 Å². The molecule has 0 bridgehead atoms. The Kier molecular flexibility index (Phi) is 5.84. The fourth-order valence-corrected chi connectivity index (χ4v) is 4.26. The molecule has 0 fully saturated rings. The summed E-state index contributed by atoms with van der Waals surface area (Å²) in [4.78, 5) is 19.5. The van der Waals surface area contributed by atoms with Crippen molar-refractivity contribution in [2.75, 3.05) is 28.4 Å². The number of hydrogen-bond donors (Lipinski definition) is 0. The summed E-state index contributed by atoms with van der Waals surface area (Å²) < 4.78 is 21.7. The second-order valence-electron chi connectivity index (χ2n) is 5.51. The van der Waals surface area contributed by atoms with Crippen molar-refractivity contribution in [2.24, 2.45) is 0 Å². The summed E-state index contributed by atoms with van der Waals surface area (Å²) in [6, 6.07) is 10.9. The molecule has 0 radical (unpaired) electrons. The van der Waals surface area contributed by atoms with E-state index in [1.165, 1.54) is 21.3 Å². The van der Waals surface area contributed by atoms with Gasteiger partial charge in [0, 0.05) is 0 Å². The van der Waals surface area contributed by atoms with Crippen LogP contribution in [0.4, 0.5) is 0 Å². The Balaban J connectivity index is 1.93. The third-order valence-electron chi connectivity index (χ3n) is 4.01. The number of methoxy groups -OCH3 is 4. The fourth-order valence-electron chi connectivity index (χ4n) is 2.61. The normalized spacial score (nSPS) is 10.4. The maximum atomic E-state index is 12.9. The average Bonchev–Trinajstić information content (AvgIpc) is 3.22. The number of aromatic nitrogens is 1. The number of ketones is 1. The van der Waals surface area contributed by atoms with Gasteiger partial charge in [0.1, 0.15) is 0 Å². The molecule has 0 saturated heterocycles. The molecule has 0 aliphatic heterocycles. The molecule has 2 aromatic carbocycles. The van der Waals surface area contributed by atoms with Crippen molar-refractivity contribution in [2.45, 2.75) is 0 Å². The number of rotatable bonds is 7. The molecule has 3 aromatic rings. The molecule has 0 aliphatic carbocycles. The molecule has 0 saturated carbocycles. The number of ether oxygens (including phenoxy) is 4. The molecule has 1 aromatic heterocycles. The molecule has 6 nitrogen and oxygen atoms in total. The fraction of sp³-hybridized carbons (Fsp3) is 0.200. The first-order chi connectivity index (χ1) is 13.1. The number of hydrogen-bond acceptors (Lipinski definition) is 6. The van der Waals surface area contributed by atoms with E-state index in [1.807, 2.05) is 29.2 Å². The van der Waals surface area contributed by atoms with Crippen LogP contribution in [0.25, 0.3) is 11.3 Å². The van der Waals surface area contributed by atoms with E-state index in [-0.39, 0.29) is 20.3 Å². The molecule has 0 spiro atoms. The summed E-state index contributed by atoms with van der Waals surface area (Å²) in [5.41, 5.74) is 2.20. The van der Waals surface area contributed by atoms with Crippen LogP contribution in [-0.2, 0) is 0 Å². The van der Waals surface area contributed by atoms with Crippen LogP contribution in [0.1, 0.15) is 14.9 Å². The first-order valence-corrected chi connectivity index (χ1v) is 9.90. The van der Waals surface area contributed by atoms with Crippen molar-refractivity contribution >= 4 is 20.3 Å². The van der Waals surface area contributed by atoms with E-state index in [1.54, 1.807) is 19.2 Å². The van der Waals surface area contributed by atoms with E-state index in [2.05, 4.69) is 4.98 Å². The van der Waals surface area contributed by atoms with Crippen molar-refractivity contribution in [3.8, 4) is 34.3 Å². The van der Waals surface area contributed by atoms with Gasteiger partial charge < -0.3 is 0 Å². The summed E-state index contributed by atoms with van der Waals surface area (Å²) in [6.07, 6.45) is 0. The molecule has 7 heteroatoms. The van der Waals surface area contributed by atoms with Crippen LogP contribution in [0.5, 0.6) is 23.0 Å². The molecule has 0 aliphatic rings. The molecule has 0 amide bonds. The monoisotopic (exact) mass is 433 g/mol. The van der Waals surface area contributed by atoms with E-state index in [0.717, 1.165) is 17.0 Å². The van der Waals surface area contributed by atoms with Crippen molar-refractivity contribution in [1.82, 2.24) is 4.98 Å². The van der Waals surface area contributed by atoms with Crippen LogP contribution in [0.2, 0.25) is 0 Å². The van der Waals surface area contributed by atoms with Gasteiger partial charge in [0.2, 0.25) is 0 Å². The molecule has 27 heavy (non-hydrogen) atoms. The molecule has 0 unspecified atom stereocenters. The van der Waals surface area contributed by atoms with Crippen molar-refractivity contribution in [3.05, 3.63) is 51.5 Å². The van der Waals surface area contributed by atoms with Gasteiger partial charge in [-0.2, -0.15) is 0 Å². The van der Waals surface area contributed by atoms with Crippen LogP contribution in [0.15, 0.2) is 41.3 Å². The van der Waals surface area contributed by atoms with E-state index in [4.69, 9.17) is 18.9 Å². The topological polar surface area (TPSA) is 66.9 Å². The average molecular weight is 432 g/mol. The third-order valence-corrected chi connectivity index (χ3v) is 5.78. The molecule has 3 rings (SSSR count). The van der Waals surface area contributed by atoms with Gasteiger partial charge in [0.25, 0.3) is 0 Å². The van der Waals surface area contributed by atoms with Gasteiger partial charge in [0.05, 0.1) is 0 Å². The van der Waals surface area contributed by atoms with Gasteiger partial charge >= 0.3 is 163 Å². The zero-order chi connectivity index (χ0) is 19.4. The minimum absolute atomic E-state index is 0.144. The summed E-state index contributed by atoms with van der Waals surface area (Å²) in [5.74, 6) is 1.96. The summed E-state index contributed by atoms with van der Waals surface area (Å²) >= 11 is -0.146. The standard InChI is InChI=1S/C20H19NO5Se/c1-23-14-7-5-12(6-8-14)15-11-27-20(21-15)18(22)13-9-16(24-2)19(26-4)17(10-13)25-3/h5-11H,1-4H3. The summed E-state index contributed by atoms with van der Waals surface area (Å²) in [5, 5.41) is 0. The minimum atomic E-state index is -0.146. The SMILES string of the molecule is COc1ccc(-c2c[se]c(C(=O)c3cc(OC)c(OC)c(OC)c3)n2)cc1. The van der Waals surface area contributed by atoms with Crippen LogP contribution in [0, 0.1) is 0 Å². The van der Waals surface area contributed by atoms with Crippen LogP contribution < -0.4 is 18.9 Å². The zero-order valence-corrected chi connectivity index (χ0v) is 17.2. The van der Waals surface area contributed by atoms with E-state index < -0.39 is 0 Å². The zero-order valence-electron chi connectivity index (χ0n) is 15.4. The Morgan fingerprint density at radius 1 is 0.889 bits per heavy atom. The Labute approximate surface area is 163 Å². The molecular formula is C20H19NO5Se. The second-order valence-corrected chi connectivity index (χ2v) is 7.31. The second kappa shape index (κ2) is 8.29. The van der Waals surface area contributed by atoms with Gasteiger partial charge in [-0.3, -0.25) is 0 Å². The Bertz CT molecular complexity index is 924. The van der Waals surface area contributed by atoms with Crippen LogP contribution in [-0.4, -0.2) is 53.7 Å². The molecule has 0 N–H and O–H groups in total. The molecule has 0 atom stereocenters.